The molecule has 2 aromatic heterocycles. The van der Waals surface area contributed by atoms with Crippen LogP contribution in [0.4, 0.5) is 5.82 Å². The Bertz CT molecular complexity index is 1190. The summed E-state index contributed by atoms with van der Waals surface area (Å²) < 4.78 is 2.00. The molecule has 5 rings (SSSR count). The Morgan fingerprint density at radius 2 is 1.81 bits per heavy atom. The number of nitrogens with one attached hydrogen (secondary N) is 1. The summed E-state index contributed by atoms with van der Waals surface area (Å²) in [6.45, 7) is 10.8. The van der Waals surface area contributed by atoms with Gasteiger partial charge < -0.3 is 10.2 Å². The molecule has 0 saturated carbocycles. The van der Waals surface area contributed by atoms with Crippen LogP contribution in [0.1, 0.15) is 51.6 Å². The fourth-order valence-electron chi connectivity index (χ4n) is 5.62. The highest BCUT2D eigenvalue weighted by atomic mass is 16.2. The first-order valence-corrected chi connectivity index (χ1v) is 13.5. The molecule has 0 radical (unpaired) electrons. The number of hydrogen-bond acceptors (Lipinski definition) is 6. The van der Waals surface area contributed by atoms with Crippen molar-refractivity contribution in [3.63, 3.8) is 0 Å². The average Bonchev–Trinajstić information content (AvgIpc) is 3.24. The lowest BCUT2D eigenvalue weighted by Gasteiger charge is -2.32. The van der Waals surface area contributed by atoms with Crippen LogP contribution in [0.25, 0.3) is 22.0 Å². The number of aryl methyl sites for hydroxylation is 1. The van der Waals surface area contributed by atoms with Gasteiger partial charge in [-0.1, -0.05) is 26.3 Å². The second kappa shape index (κ2) is 11.0. The van der Waals surface area contributed by atoms with Gasteiger partial charge in [-0.3, -0.25) is 14.4 Å². The lowest BCUT2D eigenvalue weighted by molar-refractivity contribution is -0.121. The SMILES string of the molecule is CC(C)CN1CCC(C(=O)Nc2cc3cc(-c4cnn(C)c4CN4CCCCC4)ccc3nn2)CC1. The Labute approximate surface area is 214 Å². The molecule has 0 unspecified atom stereocenters. The fourth-order valence-corrected chi connectivity index (χ4v) is 5.62. The Morgan fingerprint density at radius 1 is 1.03 bits per heavy atom. The molecule has 36 heavy (non-hydrogen) atoms. The largest absolute Gasteiger partial charge is 0.309 e. The van der Waals surface area contributed by atoms with Gasteiger partial charge in [0, 0.05) is 37.0 Å². The molecule has 0 atom stereocenters. The van der Waals surface area contributed by atoms with Crippen molar-refractivity contribution in [2.45, 2.75) is 52.5 Å². The van der Waals surface area contributed by atoms with Gasteiger partial charge in [0.15, 0.2) is 5.82 Å². The predicted octanol–water partition coefficient (Wildman–Crippen LogP) is 4.32. The number of rotatable bonds is 7. The highest BCUT2D eigenvalue weighted by Gasteiger charge is 2.25. The molecule has 1 N–H and O–H groups in total. The third-order valence-electron chi connectivity index (χ3n) is 7.61. The first-order chi connectivity index (χ1) is 17.5. The van der Waals surface area contributed by atoms with Gasteiger partial charge in [0.2, 0.25) is 5.91 Å². The van der Waals surface area contributed by atoms with E-state index in [4.69, 9.17) is 0 Å². The van der Waals surface area contributed by atoms with Crippen LogP contribution in [0, 0.1) is 11.8 Å². The van der Waals surface area contributed by atoms with E-state index in [-0.39, 0.29) is 11.8 Å². The molecular weight excluding hydrogens is 450 g/mol. The molecule has 0 spiro atoms. The van der Waals surface area contributed by atoms with Crippen LogP contribution in [0.5, 0.6) is 0 Å². The molecule has 2 saturated heterocycles. The van der Waals surface area contributed by atoms with Crippen molar-refractivity contribution in [2.75, 3.05) is 38.0 Å². The average molecular weight is 490 g/mol. The Kier molecular flexibility index (Phi) is 7.62. The Balaban J connectivity index is 1.30. The van der Waals surface area contributed by atoms with E-state index in [1.807, 2.05) is 30.1 Å². The number of anilines is 1. The first-order valence-electron chi connectivity index (χ1n) is 13.5. The summed E-state index contributed by atoms with van der Waals surface area (Å²) in [5.74, 6) is 1.26. The number of likely N-dealkylation sites (tertiary alicyclic amines) is 2. The molecule has 3 aromatic rings. The summed E-state index contributed by atoms with van der Waals surface area (Å²) in [7, 11) is 2.02. The molecule has 2 aliphatic heterocycles. The maximum absolute atomic E-state index is 12.9. The lowest BCUT2D eigenvalue weighted by Crippen LogP contribution is -2.39. The van der Waals surface area contributed by atoms with Crippen LogP contribution >= 0.6 is 0 Å². The van der Waals surface area contributed by atoms with Gasteiger partial charge in [0.05, 0.1) is 17.4 Å². The number of carbonyl (C=O) groups is 1. The number of hydrogen-bond donors (Lipinski definition) is 1. The number of fused-ring (bicyclic) bond motifs is 1. The number of benzene rings is 1. The summed E-state index contributed by atoms with van der Waals surface area (Å²) in [6.07, 6.45) is 7.62. The summed E-state index contributed by atoms with van der Waals surface area (Å²) in [6, 6.07) is 8.18. The molecule has 8 nitrogen and oxygen atoms in total. The van der Waals surface area contributed by atoms with E-state index in [9.17, 15) is 4.79 Å². The first kappa shape index (κ1) is 24.8. The monoisotopic (exact) mass is 489 g/mol. The summed E-state index contributed by atoms with van der Waals surface area (Å²) >= 11 is 0. The van der Waals surface area contributed by atoms with E-state index in [0.717, 1.165) is 74.1 Å². The van der Waals surface area contributed by atoms with Crippen LogP contribution in [0.15, 0.2) is 30.5 Å². The van der Waals surface area contributed by atoms with Crippen molar-refractivity contribution in [3.05, 3.63) is 36.2 Å². The van der Waals surface area contributed by atoms with Crippen molar-refractivity contribution >= 4 is 22.6 Å². The zero-order chi connectivity index (χ0) is 25.1. The van der Waals surface area contributed by atoms with Gasteiger partial charge in [-0.25, -0.2) is 0 Å². The summed E-state index contributed by atoms with van der Waals surface area (Å²) in [5.41, 5.74) is 4.32. The van der Waals surface area contributed by atoms with Crippen LogP contribution in [0.2, 0.25) is 0 Å². The number of amides is 1. The standard InChI is InChI=1S/C28H39N7O/c1-20(2)18-35-13-9-21(10-14-35)28(36)30-27-16-23-15-22(7-8-25(23)31-32-27)24-17-29-33(3)26(24)19-34-11-5-4-6-12-34/h7-8,15-17,20-21H,4-6,9-14,18-19H2,1-3H3,(H,30,32,36). The Hall–Kier alpha value is -2.84. The van der Waals surface area contributed by atoms with Gasteiger partial charge in [0.25, 0.3) is 0 Å². The minimum Gasteiger partial charge on any atom is -0.309 e. The zero-order valence-corrected chi connectivity index (χ0v) is 21.9. The lowest BCUT2D eigenvalue weighted by atomic mass is 9.95. The second-order valence-corrected chi connectivity index (χ2v) is 10.9. The number of nitrogens with zero attached hydrogens (tertiary/aromatic N) is 6. The molecular formula is C28H39N7O. The van der Waals surface area contributed by atoms with Gasteiger partial charge in [-0.15, -0.1) is 10.2 Å². The molecule has 1 amide bonds. The number of piperidine rings is 2. The van der Waals surface area contributed by atoms with Gasteiger partial charge in [-0.2, -0.15) is 5.10 Å². The van der Waals surface area contributed by atoms with Gasteiger partial charge in [0.1, 0.15) is 0 Å². The predicted molar refractivity (Wildman–Crippen MR) is 143 cm³/mol. The molecule has 2 aliphatic rings. The van der Waals surface area contributed by atoms with Crippen molar-refractivity contribution in [2.24, 2.45) is 18.9 Å². The number of carbonyl (C=O) groups excluding carboxylic acids is 1. The summed E-state index contributed by atoms with van der Waals surface area (Å²) in [4.78, 5) is 17.9. The van der Waals surface area contributed by atoms with Crippen LogP contribution in [-0.2, 0) is 18.4 Å². The maximum atomic E-state index is 12.9. The highest BCUT2D eigenvalue weighted by molar-refractivity contribution is 5.94. The molecule has 8 heteroatoms. The quantitative estimate of drug-likeness (QED) is 0.532. The normalized spacial score (nSPS) is 18.2. The molecule has 0 aliphatic carbocycles. The third-order valence-corrected chi connectivity index (χ3v) is 7.61. The smallest absolute Gasteiger partial charge is 0.228 e. The van der Waals surface area contributed by atoms with Crippen molar-refractivity contribution in [3.8, 4) is 11.1 Å². The molecule has 192 valence electrons. The third kappa shape index (κ3) is 5.76. The van der Waals surface area contributed by atoms with E-state index in [1.165, 1.54) is 25.0 Å². The van der Waals surface area contributed by atoms with Gasteiger partial charge in [-0.05, 0) is 81.5 Å². The molecule has 4 heterocycles. The van der Waals surface area contributed by atoms with E-state index >= 15 is 0 Å². The van der Waals surface area contributed by atoms with Crippen LogP contribution < -0.4 is 5.32 Å². The second-order valence-electron chi connectivity index (χ2n) is 10.9. The summed E-state index contributed by atoms with van der Waals surface area (Å²) in [5, 5.41) is 17.2. The van der Waals surface area contributed by atoms with E-state index in [1.54, 1.807) is 0 Å². The topological polar surface area (TPSA) is 79.2 Å². The molecule has 1 aromatic carbocycles. The van der Waals surface area contributed by atoms with E-state index < -0.39 is 0 Å². The Morgan fingerprint density at radius 3 is 2.56 bits per heavy atom. The minimum absolute atomic E-state index is 0.0324. The van der Waals surface area contributed by atoms with Crippen molar-refractivity contribution in [1.82, 2.24) is 29.8 Å². The van der Waals surface area contributed by atoms with Gasteiger partial charge >= 0.3 is 0 Å². The zero-order valence-electron chi connectivity index (χ0n) is 21.9. The van der Waals surface area contributed by atoms with Crippen molar-refractivity contribution in [1.29, 1.82) is 0 Å². The van der Waals surface area contributed by atoms with Crippen LogP contribution in [0.3, 0.4) is 0 Å². The fraction of sp³-hybridized carbons (Fsp3) is 0.571. The minimum atomic E-state index is 0.0324. The van der Waals surface area contributed by atoms with Crippen LogP contribution in [-0.4, -0.2) is 68.4 Å². The van der Waals surface area contributed by atoms with E-state index in [2.05, 4.69) is 56.4 Å². The van der Waals surface area contributed by atoms with E-state index in [0.29, 0.717) is 11.7 Å². The molecule has 2 fully saturated rings. The van der Waals surface area contributed by atoms with Crippen molar-refractivity contribution < 1.29 is 4.79 Å². The number of aromatic nitrogens is 4. The highest BCUT2D eigenvalue weighted by Crippen LogP contribution is 2.29. The maximum Gasteiger partial charge on any atom is 0.228 e. The molecule has 0 bridgehead atoms.